The van der Waals surface area contributed by atoms with Crippen LogP contribution in [-0.2, 0) is 16.0 Å². The molecule has 22 heavy (non-hydrogen) atoms. The minimum absolute atomic E-state index is 0.242. The van der Waals surface area contributed by atoms with E-state index in [0.717, 1.165) is 21.6 Å². The summed E-state index contributed by atoms with van der Waals surface area (Å²) in [7, 11) is 1.45. The largest absolute Gasteiger partial charge is 0.480 e. The highest BCUT2D eigenvalue weighted by atomic mass is 16.6. The van der Waals surface area contributed by atoms with Crippen LogP contribution in [0.5, 0.6) is 0 Å². The molecule has 0 bridgehead atoms. The predicted molar refractivity (Wildman–Crippen MR) is 85.0 cm³/mol. The molecule has 0 saturated heterocycles. The van der Waals surface area contributed by atoms with Gasteiger partial charge in [-0.15, -0.1) is 0 Å². The van der Waals surface area contributed by atoms with Crippen LogP contribution in [0.25, 0.3) is 0 Å². The molecular formula is C17H25NO4. The second kappa shape index (κ2) is 6.81. The zero-order valence-corrected chi connectivity index (χ0v) is 14.1. The number of hydrogen-bond donors (Lipinski definition) is 1. The third-order valence-electron chi connectivity index (χ3n) is 3.43. The van der Waals surface area contributed by atoms with E-state index >= 15 is 0 Å². The highest BCUT2D eigenvalue weighted by molar-refractivity contribution is 5.80. The first kappa shape index (κ1) is 18.0. The van der Waals surface area contributed by atoms with E-state index in [1.54, 1.807) is 20.8 Å². The van der Waals surface area contributed by atoms with Gasteiger partial charge >= 0.3 is 12.1 Å². The van der Waals surface area contributed by atoms with Crippen molar-refractivity contribution >= 4 is 12.1 Å². The number of amides is 1. The minimum atomic E-state index is -1.05. The lowest BCUT2D eigenvalue weighted by Gasteiger charge is -2.28. The van der Waals surface area contributed by atoms with E-state index in [-0.39, 0.29) is 6.42 Å². The van der Waals surface area contributed by atoms with E-state index in [4.69, 9.17) is 4.74 Å². The van der Waals surface area contributed by atoms with Crippen LogP contribution in [0, 0.1) is 13.8 Å². The molecule has 1 N–H and O–H groups in total. The Morgan fingerprint density at radius 1 is 1.23 bits per heavy atom. The minimum Gasteiger partial charge on any atom is -0.480 e. The molecule has 5 heteroatoms. The van der Waals surface area contributed by atoms with Crippen LogP contribution in [0.3, 0.4) is 0 Å². The molecule has 0 aromatic heterocycles. The summed E-state index contributed by atoms with van der Waals surface area (Å²) in [5, 5.41) is 9.43. The topological polar surface area (TPSA) is 66.8 Å². The van der Waals surface area contributed by atoms with Crippen molar-refractivity contribution in [3.8, 4) is 0 Å². The highest BCUT2D eigenvalue weighted by Crippen LogP contribution is 2.16. The Balaban J connectivity index is 2.91. The summed E-state index contributed by atoms with van der Waals surface area (Å²) >= 11 is 0. The summed E-state index contributed by atoms with van der Waals surface area (Å²) in [6.45, 7) is 9.22. The normalized spacial score (nSPS) is 12.6. The number of aryl methyl sites for hydroxylation is 2. The number of carboxylic acid groups (broad SMARTS) is 1. The molecule has 0 aliphatic heterocycles. The molecule has 1 atom stereocenters. The number of hydrogen-bond acceptors (Lipinski definition) is 3. The number of rotatable bonds is 4. The summed E-state index contributed by atoms with van der Waals surface area (Å²) in [6.07, 6.45) is -0.393. The van der Waals surface area contributed by atoms with Crippen LogP contribution < -0.4 is 0 Å². The Labute approximate surface area is 131 Å². The molecule has 1 amide bonds. The molecule has 0 unspecified atom stereocenters. The van der Waals surface area contributed by atoms with E-state index in [0.29, 0.717) is 0 Å². The van der Waals surface area contributed by atoms with Crippen LogP contribution in [0.15, 0.2) is 18.2 Å². The Bertz CT molecular complexity index is 560. The average Bonchev–Trinajstić information content (AvgIpc) is 2.36. The summed E-state index contributed by atoms with van der Waals surface area (Å²) < 4.78 is 5.23. The number of nitrogens with zero attached hydrogens (tertiary/aromatic N) is 1. The molecule has 0 fully saturated rings. The standard InChI is InChI=1S/C17H25NO4/c1-11-7-8-13(9-12(11)2)10-14(15(19)20)18(6)16(21)22-17(3,4)5/h7-9,14H,10H2,1-6H3,(H,19,20)/t14-/m0/s1. The Hall–Kier alpha value is -2.04. The predicted octanol–water partition coefficient (Wildman–Crippen LogP) is 3.17. The van der Waals surface area contributed by atoms with Crippen molar-refractivity contribution < 1.29 is 19.4 Å². The van der Waals surface area contributed by atoms with Gasteiger partial charge in [-0.2, -0.15) is 0 Å². The number of ether oxygens (including phenoxy) is 1. The fourth-order valence-corrected chi connectivity index (χ4v) is 2.00. The molecule has 0 heterocycles. The lowest BCUT2D eigenvalue weighted by atomic mass is 10.0. The maximum absolute atomic E-state index is 12.1. The number of carbonyl (C=O) groups excluding carboxylic acids is 1. The van der Waals surface area contributed by atoms with Crippen LogP contribution in [0.4, 0.5) is 4.79 Å². The number of likely N-dealkylation sites (N-methyl/N-ethyl adjacent to an activating group) is 1. The summed E-state index contributed by atoms with van der Waals surface area (Å²) in [5.74, 6) is -1.05. The second-order valence-electron chi connectivity index (χ2n) is 6.57. The van der Waals surface area contributed by atoms with Crippen molar-refractivity contribution in [1.29, 1.82) is 0 Å². The third kappa shape index (κ3) is 5.06. The van der Waals surface area contributed by atoms with E-state index in [1.807, 2.05) is 32.0 Å². The van der Waals surface area contributed by atoms with E-state index < -0.39 is 23.7 Å². The highest BCUT2D eigenvalue weighted by Gasteiger charge is 2.30. The maximum Gasteiger partial charge on any atom is 0.410 e. The monoisotopic (exact) mass is 307 g/mol. The molecule has 0 radical (unpaired) electrons. The first-order valence-electron chi connectivity index (χ1n) is 7.26. The fraction of sp³-hybridized carbons (Fsp3) is 0.529. The first-order chi connectivity index (χ1) is 10.0. The van der Waals surface area contributed by atoms with Crippen molar-refractivity contribution in [3.63, 3.8) is 0 Å². The number of aliphatic carboxylic acids is 1. The van der Waals surface area contributed by atoms with Crippen molar-refractivity contribution in [1.82, 2.24) is 4.90 Å². The fourth-order valence-electron chi connectivity index (χ4n) is 2.00. The van der Waals surface area contributed by atoms with Gasteiger partial charge in [0.15, 0.2) is 0 Å². The maximum atomic E-state index is 12.1. The van der Waals surface area contributed by atoms with E-state index in [9.17, 15) is 14.7 Å². The molecule has 0 aliphatic carbocycles. The van der Waals surface area contributed by atoms with Gasteiger partial charge in [-0.25, -0.2) is 9.59 Å². The van der Waals surface area contributed by atoms with Gasteiger partial charge in [0.05, 0.1) is 0 Å². The molecule has 0 aliphatic rings. The van der Waals surface area contributed by atoms with Crippen LogP contribution in [-0.4, -0.2) is 40.8 Å². The van der Waals surface area contributed by atoms with Crippen molar-refractivity contribution in [2.75, 3.05) is 7.05 Å². The van der Waals surface area contributed by atoms with Gasteiger partial charge < -0.3 is 9.84 Å². The molecule has 5 nitrogen and oxygen atoms in total. The summed E-state index contributed by atoms with van der Waals surface area (Å²) in [4.78, 5) is 24.7. The van der Waals surface area contributed by atoms with Gasteiger partial charge in [0.2, 0.25) is 0 Å². The van der Waals surface area contributed by atoms with E-state index in [2.05, 4.69) is 0 Å². The summed E-state index contributed by atoms with van der Waals surface area (Å²) in [5.41, 5.74) is 2.47. The van der Waals surface area contributed by atoms with E-state index in [1.165, 1.54) is 7.05 Å². The van der Waals surface area contributed by atoms with Gasteiger partial charge in [-0.05, 0) is 51.3 Å². The lowest BCUT2D eigenvalue weighted by Crippen LogP contribution is -2.46. The van der Waals surface area contributed by atoms with Crippen molar-refractivity contribution in [2.45, 2.75) is 52.7 Å². The van der Waals surface area contributed by atoms with Crippen LogP contribution in [0.2, 0.25) is 0 Å². The number of carboxylic acids is 1. The summed E-state index contributed by atoms with van der Waals surface area (Å²) in [6, 6.07) is 4.84. The van der Waals surface area contributed by atoms with Gasteiger partial charge in [-0.3, -0.25) is 4.90 Å². The Morgan fingerprint density at radius 2 is 1.82 bits per heavy atom. The smallest absolute Gasteiger partial charge is 0.410 e. The zero-order chi connectivity index (χ0) is 17.1. The molecule has 1 rings (SSSR count). The quantitative estimate of drug-likeness (QED) is 0.928. The van der Waals surface area contributed by atoms with Crippen LogP contribution >= 0.6 is 0 Å². The molecule has 0 spiro atoms. The third-order valence-corrected chi connectivity index (χ3v) is 3.43. The number of carbonyl (C=O) groups is 2. The molecule has 1 aromatic rings. The first-order valence-corrected chi connectivity index (χ1v) is 7.26. The molecule has 122 valence electrons. The van der Waals surface area contributed by atoms with Gasteiger partial charge in [-0.1, -0.05) is 18.2 Å². The Kier molecular flexibility index (Phi) is 5.58. The average molecular weight is 307 g/mol. The van der Waals surface area contributed by atoms with Crippen molar-refractivity contribution in [3.05, 3.63) is 34.9 Å². The lowest BCUT2D eigenvalue weighted by molar-refractivity contribution is -0.142. The molecule has 0 saturated carbocycles. The van der Waals surface area contributed by atoms with Gasteiger partial charge in [0.1, 0.15) is 11.6 Å². The van der Waals surface area contributed by atoms with Crippen molar-refractivity contribution in [2.24, 2.45) is 0 Å². The van der Waals surface area contributed by atoms with Crippen LogP contribution in [0.1, 0.15) is 37.5 Å². The zero-order valence-electron chi connectivity index (χ0n) is 14.1. The van der Waals surface area contributed by atoms with Gasteiger partial charge in [0.25, 0.3) is 0 Å². The second-order valence-corrected chi connectivity index (χ2v) is 6.57. The SMILES string of the molecule is Cc1ccc(C[C@@H](C(=O)O)N(C)C(=O)OC(C)(C)C)cc1C. The number of benzene rings is 1. The molecule has 1 aromatic carbocycles. The Morgan fingerprint density at radius 3 is 2.27 bits per heavy atom. The van der Waals surface area contributed by atoms with Gasteiger partial charge in [0, 0.05) is 13.5 Å². The molecular weight excluding hydrogens is 282 g/mol.